The molecule has 0 radical (unpaired) electrons. The molecule has 110 valence electrons. The van der Waals surface area contributed by atoms with Crippen molar-refractivity contribution in [2.45, 2.75) is 13.0 Å². The maximum Gasteiger partial charge on any atom is 0.328 e. The largest absolute Gasteiger partial charge is 0.467 e. The van der Waals surface area contributed by atoms with Gasteiger partial charge in [-0.1, -0.05) is 28.9 Å². The van der Waals surface area contributed by atoms with Crippen LogP contribution < -0.4 is 5.32 Å². The fourth-order valence-electron chi connectivity index (χ4n) is 1.64. The Labute approximate surface area is 126 Å². The van der Waals surface area contributed by atoms with E-state index in [1.807, 2.05) is 0 Å². The Morgan fingerprint density at radius 1 is 1.33 bits per heavy atom. The van der Waals surface area contributed by atoms with E-state index < -0.39 is 17.9 Å². The number of carbonyl (C=O) groups excluding carboxylic acids is 2. The Kier molecular flexibility index (Phi) is 4.59. The van der Waals surface area contributed by atoms with Crippen molar-refractivity contribution in [3.8, 4) is 11.3 Å². The van der Waals surface area contributed by atoms with Crippen LogP contribution in [-0.2, 0) is 9.53 Å². The number of nitrogens with one attached hydrogen (secondary N) is 1. The third-order valence-electron chi connectivity index (χ3n) is 2.78. The van der Waals surface area contributed by atoms with Crippen molar-refractivity contribution < 1.29 is 18.8 Å². The minimum absolute atomic E-state index is 0.00991. The average Bonchev–Trinajstić information content (AvgIpc) is 2.97. The quantitative estimate of drug-likeness (QED) is 0.876. The van der Waals surface area contributed by atoms with Crippen molar-refractivity contribution in [3.63, 3.8) is 0 Å². The minimum Gasteiger partial charge on any atom is -0.467 e. The standard InChI is InChI=1S/C14H13ClN2O4/c1-8(14(19)20-2)16-13(18)12-7-11(17-21-12)9-3-5-10(15)6-4-9/h3-8H,1-2H3,(H,16,18)/t8-/m1/s1. The fraction of sp³-hybridized carbons (Fsp3) is 0.214. The molecule has 21 heavy (non-hydrogen) atoms. The molecule has 2 rings (SSSR count). The zero-order valence-electron chi connectivity index (χ0n) is 11.4. The van der Waals surface area contributed by atoms with Crippen molar-refractivity contribution in [3.05, 3.63) is 41.1 Å². The molecular formula is C14H13ClN2O4. The normalized spacial score (nSPS) is 11.8. The number of halogens is 1. The van der Waals surface area contributed by atoms with E-state index in [2.05, 4.69) is 15.2 Å². The van der Waals surface area contributed by atoms with Gasteiger partial charge in [0.1, 0.15) is 11.7 Å². The summed E-state index contributed by atoms with van der Waals surface area (Å²) >= 11 is 5.80. The molecule has 1 aromatic carbocycles. The first-order chi connectivity index (χ1) is 10.0. The zero-order chi connectivity index (χ0) is 15.4. The Bertz CT molecular complexity index is 651. The lowest BCUT2D eigenvalue weighted by Gasteiger charge is -2.09. The summed E-state index contributed by atoms with van der Waals surface area (Å²) in [4.78, 5) is 23.1. The molecule has 1 heterocycles. The van der Waals surface area contributed by atoms with Gasteiger partial charge in [0.2, 0.25) is 5.76 Å². The summed E-state index contributed by atoms with van der Waals surface area (Å²) in [7, 11) is 1.25. The average molecular weight is 309 g/mol. The van der Waals surface area contributed by atoms with Crippen LogP contribution >= 0.6 is 11.6 Å². The van der Waals surface area contributed by atoms with Crippen LogP contribution in [-0.4, -0.2) is 30.2 Å². The zero-order valence-corrected chi connectivity index (χ0v) is 12.2. The summed E-state index contributed by atoms with van der Waals surface area (Å²) in [6.07, 6.45) is 0. The third-order valence-corrected chi connectivity index (χ3v) is 3.03. The highest BCUT2D eigenvalue weighted by molar-refractivity contribution is 6.30. The number of hydrogen-bond donors (Lipinski definition) is 1. The van der Waals surface area contributed by atoms with Gasteiger partial charge >= 0.3 is 5.97 Å². The van der Waals surface area contributed by atoms with Crippen LogP contribution in [0.25, 0.3) is 11.3 Å². The van der Waals surface area contributed by atoms with Gasteiger partial charge in [0.05, 0.1) is 7.11 Å². The van der Waals surface area contributed by atoms with Crippen LogP contribution in [0, 0.1) is 0 Å². The first-order valence-corrected chi connectivity index (χ1v) is 6.50. The SMILES string of the molecule is COC(=O)[C@@H](C)NC(=O)c1cc(-c2ccc(Cl)cc2)no1. The molecule has 2 aromatic rings. The van der Waals surface area contributed by atoms with Gasteiger partial charge in [-0.15, -0.1) is 0 Å². The molecule has 0 aliphatic rings. The highest BCUT2D eigenvalue weighted by atomic mass is 35.5. The van der Waals surface area contributed by atoms with Crippen LogP contribution in [0.5, 0.6) is 0 Å². The lowest BCUT2D eigenvalue weighted by atomic mass is 10.1. The molecular weight excluding hydrogens is 296 g/mol. The summed E-state index contributed by atoms with van der Waals surface area (Å²) in [6, 6.07) is 7.67. The van der Waals surface area contributed by atoms with Crippen LogP contribution in [0.3, 0.4) is 0 Å². The van der Waals surface area contributed by atoms with E-state index in [1.54, 1.807) is 24.3 Å². The number of rotatable bonds is 4. The molecule has 0 bridgehead atoms. The smallest absolute Gasteiger partial charge is 0.328 e. The molecule has 6 nitrogen and oxygen atoms in total. The van der Waals surface area contributed by atoms with Gasteiger partial charge in [-0.25, -0.2) is 4.79 Å². The summed E-state index contributed by atoms with van der Waals surface area (Å²) < 4.78 is 9.50. The van der Waals surface area contributed by atoms with Gasteiger partial charge in [0, 0.05) is 16.7 Å². The Hall–Kier alpha value is -2.34. The maximum atomic E-state index is 11.9. The number of nitrogens with zero attached hydrogens (tertiary/aromatic N) is 1. The van der Waals surface area contributed by atoms with Gasteiger partial charge in [-0.05, 0) is 19.1 Å². The van der Waals surface area contributed by atoms with Gasteiger partial charge < -0.3 is 14.6 Å². The molecule has 7 heteroatoms. The molecule has 1 aromatic heterocycles. The maximum absolute atomic E-state index is 11.9. The van der Waals surface area contributed by atoms with Gasteiger partial charge in [-0.3, -0.25) is 4.79 Å². The third kappa shape index (κ3) is 3.61. The number of ether oxygens (including phenoxy) is 1. The van der Waals surface area contributed by atoms with E-state index in [0.717, 1.165) is 5.56 Å². The molecule has 1 N–H and O–H groups in total. The van der Waals surface area contributed by atoms with E-state index in [0.29, 0.717) is 10.7 Å². The van der Waals surface area contributed by atoms with E-state index in [1.165, 1.54) is 20.1 Å². The number of carbonyl (C=O) groups is 2. The highest BCUT2D eigenvalue weighted by Gasteiger charge is 2.20. The first kappa shape index (κ1) is 15.1. The number of hydrogen-bond acceptors (Lipinski definition) is 5. The number of methoxy groups -OCH3 is 1. The molecule has 0 unspecified atom stereocenters. The fourth-order valence-corrected chi connectivity index (χ4v) is 1.77. The van der Waals surface area contributed by atoms with Crippen molar-refractivity contribution in [1.82, 2.24) is 10.5 Å². The number of aromatic nitrogens is 1. The summed E-state index contributed by atoms with van der Waals surface area (Å²) in [6.45, 7) is 1.51. The second-order valence-electron chi connectivity index (χ2n) is 4.30. The molecule has 0 saturated carbocycles. The van der Waals surface area contributed by atoms with Crippen molar-refractivity contribution in [2.24, 2.45) is 0 Å². The topological polar surface area (TPSA) is 81.4 Å². The lowest BCUT2D eigenvalue weighted by molar-refractivity contribution is -0.142. The molecule has 0 fully saturated rings. The summed E-state index contributed by atoms with van der Waals surface area (Å²) in [5.74, 6) is -1.07. The first-order valence-electron chi connectivity index (χ1n) is 6.12. The summed E-state index contributed by atoms with van der Waals surface area (Å²) in [5, 5.41) is 6.87. The second kappa shape index (κ2) is 6.41. The molecule has 1 amide bonds. The van der Waals surface area contributed by atoms with Crippen LogP contribution in [0.15, 0.2) is 34.9 Å². The number of esters is 1. The molecule has 1 atom stereocenters. The molecule has 0 aliphatic heterocycles. The predicted molar refractivity (Wildman–Crippen MR) is 75.9 cm³/mol. The molecule has 0 saturated heterocycles. The molecule has 0 spiro atoms. The summed E-state index contributed by atoms with van der Waals surface area (Å²) in [5.41, 5.74) is 1.27. The van der Waals surface area contributed by atoms with E-state index >= 15 is 0 Å². The number of benzene rings is 1. The minimum atomic E-state index is -0.772. The Morgan fingerprint density at radius 3 is 2.62 bits per heavy atom. The van der Waals surface area contributed by atoms with Crippen molar-refractivity contribution >= 4 is 23.5 Å². The van der Waals surface area contributed by atoms with Gasteiger partial charge in [-0.2, -0.15) is 0 Å². The monoisotopic (exact) mass is 308 g/mol. The van der Waals surface area contributed by atoms with Crippen molar-refractivity contribution in [1.29, 1.82) is 0 Å². The highest BCUT2D eigenvalue weighted by Crippen LogP contribution is 2.21. The van der Waals surface area contributed by atoms with E-state index in [-0.39, 0.29) is 5.76 Å². The van der Waals surface area contributed by atoms with Crippen LogP contribution in [0.2, 0.25) is 5.02 Å². The van der Waals surface area contributed by atoms with E-state index in [9.17, 15) is 9.59 Å². The Balaban J connectivity index is 2.10. The predicted octanol–water partition coefficient (Wildman–Crippen LogP) is 2.29. The van der Waals surface area contributed by atoms with Crippen LogP contribution in [0.4, 0.5) is 0 Å². The van der Waals surface area contributed by atoms with Crippen molar-refractivity contribution in [2.75, 3.05) is 7.11 Å². The molecule has 0 aliphatic carbocycles. The number of amides is 1. The van der Waals surface area contributed by atoms with E-state index in [4.69, 9.17) is 16.1 Å². The second-order valence-corrected chi connectivity index (χ2v) is 4.74. The van der Waals surface area contributed by atoms with Gasteiger partial charge in [0.25, 0.3) is 5.91 Å². The Morgan fingerprint density at radius 2 is 2.00 bits per heavy atom. The van der Waals surface area contributed by atoms with Crippen LogP contribution in [0.1, 0.15) is 17.5 Å². The van der Waals surface area contributed by atoms with Gasteiger partial charge in [0.15, 0.2) is 0 Å². The lowest BCUT2D eigenvalue weighted by Crippen LogP contribution is -2.38.